The van der Waals surface area contributed by atoms with Crippen molar-refractivity contribution < 1.29 is 4.79 Å². The number of nitrogens with zero attached hydrogens (tertiary/aromatic N) is 2. The average molecular weight is 263 g/mol. The lowest BCUT2D eigenvalue weighted by Crippen LogP contribution is -2.33. The van der Waals surface area contributed by atoms with Gasteiger partial charge in [-0.1, -0.05) is 0 Å². The van der Waals surface area contributed by atoms with Crippen molar-refractivity contribution in [1.29, 1.82) is 0 Å². The minimum absolute atomic E-state index is 0.259. The first-order valence-corrected chi connectivity index (χ1v) is 6.60. The Kier molecular flexibility index (Phi) is 4.21. The smallest absolute Gasteiger partial charge is 0.250 e. The number of nitrogens with two attached hydrogens (primary N) is 2. The summed E-state index contributed by atoms with van der Waals surface area (Å²) in [5.41, 5.74) is 11.5. The quantitative estimate of drug-likeness (QED) is 0.725. The topological polar surface area (TPSA) is 97.3 Å². The SMILES string of the molecule is CC(CN1CCCC1)Nc1cc(C(N)=O)c(N)cn1. The van der Waals surface area contributed by atoms with Crippen LogP contribution in [-0.4, -0.2) is 41.5 Å². The number of amides is 1. The van der Waals surface area contributed by atoms with Gasteiger partial charge in [0.05, 0.1) is 17.4 Å². The molecule has 1 aromatic rings. The number of carbonyl (C=O) groups is 1. The fraction of sp³-hybridized carbons (Fsp3) is 0.538. The highest BCUT2D eigenvalue weighted by Gasteiger charge is 2.15. The Morgan fingerprint density at radius 1 is 1.53 bits per heavy atom. The van der Waals surface area contributed by atoms with Crippen molar-refractivity contribution in [2.75, 3.05) is 30.7 Å². The predicted molar refractivity (Wildman–Crippen MR) is 75.9 cm³/mol. The molecule has 6 nitrogen and oxygen atoms in total. The van der Waals surface area contributed by atoms with E-state index in [1.807, 2.05) is 0 Å². The highest BCUT2D eigenvalue weighted by atomic mass is 16.1. The van der Waals surface area contributed by atoms with Crippen molar-refractivity contribution in [2.45, 2.75) is 25.8 Å². The van der Waals surface area contributed by atoms with Crippen molar-refractivity contribution >= 4 is 17.4 Å². The van der Waals surface area contributed by atoms with E-state index in [2.05, 4.69) is 22.1 Å². The van der Waals surface area contributed by atoms with Crippen molar-refractivity contribution in [3.63, 3.8) is 0 Å². The van der Waals surface area contributed by atoms with E-state index in [0.717, 1.165) is 19.6 Å². The molecular formula is C13H21N5O. The number of rotatable bonds is 5. The monoisotopic (exact) mass is 263 g/mol. The summed E-state index contributed by atoms with van der Waals surface area (Å²) >= 11 is 0. The summed E-state index contributed by atoms with van der Waals surface area (Å²) in [7, 11) is 0. The van der Waals surface area contributed by atoms with E-state index in [1.54, 1.807) is 6.07 Å². The molecule has 0 bridgehead atoms. The molecular weight excluding hydrogens is 242 g/mol. The third-order valence-corrected chi connectivity index (χ3v) is 3.33. The molecule has 1 unspecified atom stereocenters. The number of nitrogens with one attached hydrogen (secondary N) is 1. The summed E-state index contributed by atoms with van der Waals surface area (Å²) in [5, 5.41) is 3.28. The van der Waals surface area contributed by atoms with Gasteiger partial charge in [-0.25, -0.2) is 4.98 Å². The Labute approximate surface area is 113 Å². The van der Waals surface area contributed by atoms with E-state index in [-0.39, 0.29) is 6.04 Å². The lowest BCUT2D eigenvalue weighted by atomic mass is 10.2. The van der Waals surface area contributed by atoms with Gasteiger partial charge in [0.1, 0.15) is 5.82 Å². The number of primary amides is 1. The lowest BCUT2D eigenvalue weighted by molar-refractivity contribution is 0.100. The third-order valence-electron chi connectivity index (χ3n) is 3.33. The highest BCUT2D eigenvalue weighted by molar-refractivity contribution is 5.98. The molecule has 0 spiro atoms. The number of anilines is 2. The van der Waals surface area contributed by atoms with Crippen LogP contribution >= 0.6 is 0 Å². The van der Waals surface area contributed by atoms with Gasteiger partial charge in [0.2, 0.25) is 0 Å². The molecule has 0 aromatic carbocycles. The maximum atomic E-state index is 11.2. The minimum atomic E-state index is -0.532. The molecule has 1 amide bonds. The second-order valence-electron chi connectivity index (χ2n) is 5.07. The zero-order chi connectivity index (χ0) is 13.8. The first-order chi connectivity index (χ1) is 9.06. The standard InChI is InChI=1S/C13H21N5O/c1-9(8-18-4-2-3-5-18)17-12-6-10(13(15)19)11(14)7-16-12/h6-7,9H,2-5,8,14H2,1H3,(H2,15,19)(H,16,17). The number of likely N-dealkylation sites (tertiary alicyclic amines) is 1. The van der Waals surface area contributed by atoms with E-state index in [4.69, 9.17) is 11.5 Å². The Morgan fingerprint density at radius 3 is 2.84 bits per heavy atom. The molecule has 1 atom stereocenters. The summed E-state index contributed by atoms with van der Waals surface area (Å²) in [5.74, 6) is 0.102. The summed E-state index contributed by atoms with van der Waals surface area (Å²) < 4.78 is 0. The van der Waals surface area contributed by atoms with Gasteiger partial charge in [-0.2, -0.15) is 0 Å². The fourth-order valence-electron chi connectivity index (χ4n) is 2.41. The van der Waals surface area contributed by atoms with Gasteiger partial charge in [-0.3, -0.25) is 4.79 Å². The van der Waals surface area contributed by atoms with Crippen molar-refractivity contribution in [1.82, 2.24) is 9.88 Å². The van der Waals surface area contributed by atoms with Crippen molar-refractivity contribution in [3.05, 3.63) is 17.8 Å². The molecule has 5 N–H and O–H groups in total. The van der Waals surface area contributed by atoms with Crippen molar-refractivity contribution in [2.24, 2.45) is 5.73 Å². The minimum Gasteiger partial charge on any atom is -0.397 e. The van der Waals surface area contributed by atoms with Gasteiger partial charge in [-0.15, -0.1) is 0 Å². The van der Waals surface area contributed by atoms with Crippen LogP contribution in [-0.2, 0) is 0 Å². The normalized spacial score (nSPS) is 17.3. The largest absolute Gasteiger partial charge is 0.397 e. The molecule has 2 rings (SSSR count). The zero-order valence-corrected chi connectivity index (χ0v) is 11.2. The van der Waals surface area contributed by atoms with E-state index >= 15 is 0 Å². The Hall–Kier alpha value is -1.82. The second-order valence-corrected chi connectivity index (χ2v) is 5.07. The zero-order valence-electron chi connectivity index (χ0n) is 11.2. The summed E-state index contributed by atoms with van der Waals surface area (Å²) in [6.07, 6.45) is 4.02. The first kappa shape index (κ1) is 13.6. The van der Waals surface area contributed by atoms with Gasteiger partial charge in [-0.05, 0) is 38.9 Å². The summed E-state index contributed by atoms with van der Waals surface area (Å²) in [4.78, 5) is 17.8. The first-order valence-electron chi connectivity index (χ1n) is 6.60. The van der Waals surface area contributed by atoms with E-state index in [9.17, 15) is 4.79 Å². The van der Waals surface area contributed by atoms with Crippen LogP contribution in [0.25, 0.3) is 0 Å². The number of nitrogen functional groups attached to an aromatic ring is 1. The average Bonchev–Trinajstić information content (AvgIpc) is 2.84. The number of carbonyl (C=O) groups excluding carboxylic acids is 1. The Balaban J connectivity index is 1.98. The van der Waals surface area contributed by atoms with Crippen molar-refractivity contribution in [3.8, 4) is 0 Å². The second kappa shape index (κ2) is 5.88. The Morgan fingerprint density at radius 2 is 2.21 bits per heavy atom. The van der Waals surface area contributed by atoms with E-state index in [0.29, 0.717) is 17.1 Å². The molecule has 1 aliphatic rings. The van der Waals surface area contributed by atoms with Gasteiger partial charge in [0.15, 0.2) is 0 Å². The van der Waals surface area contributed by atoms with Crippen LogP contribution in [0.1, 0.15) is 30.1 Å². The molecule has 0 aliphatic carbocycles. The number of hydrogen-bond donors (Lipinski definition) is 3. The highest BCUT2D eigenvalue weighted by Crippen LogP contribution is 2.15. The molecule has 1 fully saturated rings. The van der Waals surface area contributed by atoms with Crippen LogP contribution in [0.15, 0.2) is 12.3 Å². The van der Waals surface area contributed by atoms with Crippen LogP contribution in [0.5, 0.6) is 0 Å². The van der Waals surface area contributed by atoms with Crippen LogP contribution in [0.3, 0.4) is 0 Å². The van der Waals surface area contributed by atoms with Crippen LogP contribution in [0, 0.1) is 0 Å². The van der Waals surface area contributed by atoms with Gasteiger partial charge in [0.25, 0.3) is 5.91 Å². The molecule has 0 radical (unpaired) electrons. The van der Waals surface area contributed by atoms with E-state index < -0.39 is 5.91 Å². The molecule has 104 valence electrons. The van der Waals surface area contributed by atoms with Crippen LogP contribution in [0.2, 0.25) is 0 Å². The molecule has 2 heterocycles. The van der Waals surface area contributed by atoms with Crippen LogP contribution < -0.4 is 16.8 Å². The molecule has 19 heavy (non-hydrogen) atoms. The molecule has 1 aromatic heterocycles. The van der Waals surface area contributed by atoms with Gasteiger partial charge >= 0.3 is 0 Å². The molecule has 1 aliphatic heterocycles. The number of pyridine rings is 1. The lowest BCUT2D eigenvalue weighted by Gasteiger charge is -2.21. The van der Waals surface area contributed by atoms with Gasteiger partial charge < -0.3 is 21.7 Å². The summed E-state index contributed by atoms with van der Waals surface area (Å²) in [6, 6.07) is 1.87. The Bertz CT molecular complexity index is 456. The number of hydrogen-bond acceptors (Lipinski definition) is 5. The third kappa shape index (κ3) is 3.57. The number of aromatic nitrogens is 1. The predicted octanol–water partition coefficient (Wildman–Crippen LogP) is 0.659. The molecule has 1 saturated heterocycles. The molecule has 0 saturated carbocycles. The maximum Gasteiger partial charge on any atom is 0.250 e. The maximum absolute atomic E-state index is 11.2. The fourth-order valence-corrected chi connectivity index (χ4v) is 2.41. The molecule has 6 heteroatoms. The van der Waals surface area contributed by atoms with E-state index in [1.165, 1.54) is 19.0 Å². The van der Waals surface area contributed by atoms with Crippen LogP contribution in [0.4, 0.5) is 11.5 Å². The summed E-state index contributed by atoms with van der Waals surface area (Å²) in [6.45, 7) is 5.39. The van der Waals surface area contributed by atoms with Gasteiger partial charge in [0, 0.05) is 12.6 Å².